The third kappa shape index (κ3) is 14.7. The van der Waals surface area contributed by atoms with E-state index < -0.39 is 110 Å². The Labute approximate surface area is 488 Å². The molecule has 7 aromatic rings. The molecule has 4 saturated heterocycles. The maximum Gasteiger partial charge on any atom is 0.253 e. The summed E-state index contributed by atoms with van der Waals surface area (Å²) in [6.45, 7) is 2.26. The van der Waals surface area contributed by atoms with Crippen molar-refractivity contribution in [2.75, 3.05) is 13.2 Å². The van der Waals surface area contributed by atoms with Gasteiger partial charge in [0.2, 0.25) is 0 Å². The van der Waals surface area contributed by atoms with Crippen molar-refractivity contribution in [3.8, 4) is 0 Å². The molecular formula is C67H70N2O15. The van der Waals surface area contributed by atoms with E-state index in [0.717, 1.165) is 27.8 Å². The quantitative estimate of drug-likeness (QED) is 0.0509. The van der Waals surface area contributed by atoms with Crippen molar-refractivity contribution in [1.29, 1.82) is 0 Å². The van der Waals surface area contributed by atoms with Gasteiger partial charge < -0.3 is 73.0 Å². The Balaban J connectivity index is 1.00. The fourth-order valence-electron chi connectivity index (χ4n) is 10.9. The Morgan fingerprint density at radius 3 is 1.49 bits per heavy atom. The van der Waals surface area contributed by atoms with Crippen LogP contribution in [0.5, 0.6) is 0 Å². The normalized spacial score (nSPS) is 29.5. The van der Waals surface area contributed by atoms with Crippen LogP contribution in [-0.2, 0) is 78.5 Å². The largest absolute Gasteiger partial charge is 0.387 e. The highest BCUT2D eigenvalue weighted by molar-refractivity contribution is 5.95. The Kier molecular flexibility index (Phi) is 20.1. The molecule has 84 heavy (non-hydrogen) atoms. The Bertz CT molecular complexity index is 3100. The molecule has 4 aliphatic heterocycles. The van der Waals surface area contributed by atoms with E-state index in [1.54, 1.807) is 60.7 Å². The van der Waals surface area contributed by atoms with Gasteiger partial charge in [0.05, 0.1) is 45.7 Å². The van der Waals surface area contributed by atoms with Gasteiger partial charge in [0, 0.05) is 16.7 Å². The molecule has 17 heteroatoms. The lowest BCUT2D eigenvalue weighted by Crippen LogP contribution is -2.72. The number of nitrogens with one attached hydrogen (secondary N) is 2. The highest BCUT2D eigenvalue weighted by atomic mass is 16.8. The molecule has 4 fully saturated rings. The highest BCUT2D eigenvalue weighted by Crippen LogP contribution is 2.39. The van der Waals surface area contributed by atoms with Crippen molar-refractivity contribution in [1.82, 2.24) is 10.6 Å². The summed E-state index contributed by atoms with van der Waals surface area (Å²) in [5.41, 5.74) is 4.87. The number of fused-ring (bicyclic) bond motifs is 1. The molecular weight excluding hydrogens is 1070 g/mol. The van der Waals surface area contributed by atoms with E-state index in [2.05, 4.69) is 10.6 Å². The van der Waals surface area contributed by atoms with Crippen LogP contribution in [0.25, 0.3) is 0 Å². The van der Waals surface area contributed by atoms with Gasteiger partial charge in [-0.3, -0.25) is 9.59 Å². The second-order valence-corrected chi connectivity index (χ2v) is 21.2. The smallest absolute Gasteiger partial charge is 0.253 e. The monoisotopic (exact) mass is 1140 g/mol. The lowest BCUT2D eigenvalue weighted by Gasteiger charge is -2.52. The van der Waals surface area contributed by atoms with Gasteiger partial charge in [-0.15, -0.1) is 0 Å². The first kappa shape index (κ1) is 58.7. The summed E-state index contributed by atoms with van der Waals surface area (Å²) in [6.07, 6.45) is -17.7. The van der Waals surface area contributed by atoms with Gasteiger partial charge in [0.15, 0.2) is 25.1 Å². The number of ether oxygens (including phenoxy) is 11. The number of hydrogen-bond donors (Lipinski definition) is 4. The summed E-state index contributed by atoms with van der Waals surface area (Å²) in [7, 11) is 0. The fourth-order valence-corrected chi connectivity index (χ4v) is 10.9. The molecule has 17 nitrogen and oxygen atoms in total. The van der Waals surface area contributed by atoms with Crippen molar-refractivity contribution >= 4 is 11.8 Å². The number of amides is 2. The molecule has 2 unspecified atom stereocenters. The van der Waals surface area contributed by atoms with Crippen LogP contribution >= 0.6 is 0 Å². The second-order valence-electron chi connectivity index (χ2n) is 21.2. The van der Waals surface area contributed by atoms with E-state index in [0.29, 0.717) is 11.1 Å². The third-order valence-corrected chi connectivity index (χ3v) is 15.3. The summed E-state index contributed by atoms with van der Waals surface area (Å²) in [6, 6.07) is 63.9. The van der Waals surface area contributed by atoms with Crippen LogP contribution in [0.1, 0.15) is 61.7 Å². The number of aliphatic hydroxyl groups is 2. The zero-order chi connectivity index (χ0) is 57.6. The molecule has 0 radical (unpaired) electrons. The van der Waals surface area contributed by atoms with Gasteiger partial charge in [-0.05, 0) is 53.4 Å². The first-order chi connectivity index (χ1) is 41.2. The molecule has 0 aliphatic carbocycles. The number of carbonyl (C=O) groups excluding carboxylic acids is 2. The molecule has 438 valence electrons. The summed E-state index contributed by atoms with van der Waals surface area (Å²) < 4.78 is 74.8. The Hall–Kier alpha value is -7.04. The number of benzene rings is 7. The van der Waals surface area contributed by atoms with E-state index >= 15 is 0 Å². The number of rotatable bonds is 22. The van der Waals surface area contributed by atoms with Crippen LogP contribution in [0.15, 0.2) is 212 Å². The van der Waals surface area contributed by atoms with Crippen LogP contribution in [-0.4, -0.2) is 127 Å². The molecule has 2 amide bonds. The van der Waals surface area contributed by atoms with Gasteiger partial charge in [0.25, 0.3) is 11.8 Å². The van der Waals surface area contributed by atoms with Crippen LogP contribution in [0, 0.1) is 0 Å². The van der Waals surface area contributed by atoms with Gasteiger partial charge in [-0.25, -0.2) is 0 Å². The predicted molar refractivity (Wildman–Crippen MR) is 306 cm³/mol. The minimum atomic E-state index is -1.72. The van der Waals surface area contributed by atoms with E-state index in [9.17, 15) is 19.8 Å². The minimum Gasteiger partial charge on any atom is -0.387 e. The summed E-state index contributed by atoms with van der Waals surface area (Å²) in [5.74, 6) is -1.06. The van der Waals surface area contributed by atoms with Gasteiger partial charge in [0.1, 0.15) is 67.1 Å². The average Bonchev–Trinajstić information content (AvgIpc) is 2.32. The molecule has 0 bridgehead atoms. The van der Waals surface area contributed by atoms with Crippen LogP contribution in [0.3, 0.4) is 0 Å². The topological polar surface area (TPSA) is 200 Å². The number of hydrogen-bond acceptors (Lipinski definition) is 15. The molecule has 11 rings (SSSR count). The molecule has 7 aromatic carbocycles. The van der Waals surface area contributed by atoms with E-state index in [-0.39, 0.29) is 39.6 Å². The van der Waals surface area contributed by atoms with Crippen molar-refractivity contribution in [3.05, 3.63) is 251 Å². The lowest BCUT2D eigenvalue weighted by atomic mass is 9.93. The van der Waals surface area contributed by atoms with E-state index in [1.807, 2.05) is 159 Å². The Morgan fingerprint density at radius 2 is 0.940 bits per heavy atom. The second kappa shape index (κ2) is 28.7. The molecule has 4 N–H and O–H groups in total. The molecule has 0 aromatic heterocycles. The Morgan fingerprint density at radius 1 is 0.476 bits per heavy atom. The van der Waals surface area contributed by atoms with Crippen molar-refractivity contribution in [2.24, 2.45) is 0 Å². The van der Waals surface area contributed by atoms with Gasteiger partial charge >= 0.3 is 0 Å². The summed E-state index contributed by atoms with van der Waals surface area (Å²) in [5, 5.41) is 30.4. The molecule has 16 atom stereocenters. The first-order valence-electron chi connectivity index (χ1n) is 28.5. The van der Waals surface area contributed by atoms with E-state index in [1.165, 1.54) is 0 Å². The van der Waals surface area contributed by atoms with Crippen molar-refractivity contribution in [3.63, 3.8) is 0 Å². The van der Waals surface area contributed by atoms with E-state index in [4.69, 9.17) is 52.1 Å². The minimum absolute atomic E-state index is 0.0337. The van der Waals surface area contributed by atoms with Gasteiger partial charge in [-0.2, -0.15) is 0 Å². The van der Waals surface area contributed by atoms with Crippen LogP contribution < -0.4 is 10.6 Å². The number of aliphatic hydroxyl groups excluding tert-OH is 2. The van der Waals surface area contributed by atoms with Crippen LogP contribution in [0.2, 0.25) is 0 Å². The zero-order valence-corrected chi connectivity index (χ0v) is 46.4. The molecule has 4 aliphatic rings. The first-order valence-corrected chi connectivity index (χ1v) is 28.5. The predicted octanol–water partition coefficient (Wildman–Crippen LogP) is 7.99. The lowest BCUT2D eigenvalue weighted by molar-refractivity contribution is -0.387. The SMILES string of the molecule is C[C@@H]1O[C@@H](O[C@@H]2[C@@H](NC(=O)c3ccccc3)[C@H](NC(=O)c3ccccc3)O[C@H](COCc3ccccc3)[C@H]2OC2O[C@@H]3COC(c4ccccc4)O[C@@H]3[C@H](O)[C@H]2O)[C@@H](OCc2ccccc2)[C@H](OCc2ccccc2)[C@@H]1OCc1ccccc1. The maximum atomic E-state index is 14.8. The number of carbonyl (C=O) groups is 2. The van der Waals surface area contributed by atoms with Crippen LogP contribution in [0.4, 0.5) is 0 Å². The van der Waals surface area contributed by atoms with Crippen molar-refractivity contribution in [2.45, 2.75) is 132 Å². The van der Waals surface area contributed by atoms with Gasteiger partial charge in [-0.1, -0.05) is 188 Å². The zero-order valence-electron chi connectivity index (χ0n) is 46.4. The fraction of sp³-hybridized carbons (Fsp3) is 0.343. The third-order valence-electron chi connectivity index (χ3n) is 15.3. The standard InChI is InChI=1S/C67H70N2O15/c1-43-56(75-38-45-25-11-3-12-26-45)60(76-39-46-27-13-4-14-28-46)61(77-40-47-29-15-5-16-30-47)67(79-43)84-59-53(68-62(72)48-31-17-6-18-32-48)64(69-63(73)49-33-19-7-20-34-49)80-51(41-74-37-44-23-9-2-10-24-44)58(59)83-66-55(71)54(70)57-52(81-66)42-78-65(82-57)50-35-21-8-22-36-50/h2-36,43,51-61,64-67,70-71H,37-42H2,1H3,(H,68,72)(H,69,73)/t43-,51+,52+,53+,54+,55+,56+,57-,58+,59+,60+,61-,64+,65?,66?,67-/m0/s1. The molecule has 0 saturated carbocycles. The maximum absolute atomic E-state index is 14.8. The summed E-state index contributed by atoms with van der Waals surface area (Å²) in [4.78, 5) is 29.3. The molecule has 4 heterocycles. The summed E-state index contributed by atoms with van der Waals surface area (Å²) >= 11 is 0. The molecule has 0 spiro atoms. The van der Waals surface area contributed by atoms with Crippen molar-refractivity contribution < 1.29 is 71.9 Å². The average molecular weight is 1140 g/mol. The highest BCUT2D eigenvalue weighted by Gasteiger charge is 2.57.